The fourth-order valence-corrected chi connectivity index (χ4v) is 1.16. The van der Waals surface area contributed by atoms with Crippen LogP contribution < -0.4 is 0 Å². The SMILES string of the molecule is CC1C=Cc2nn(S)nc2N=C1. The predicted octanol–water partition coefficient (Wildman–Crippen LogP) is 1.34. The monoisotopic (exact) mass is 180 g/mol. The Morgan fingerprint density at radius 1 is 1.50 bits per heavy atom. The standard InChI is InChI=1S/C7H8N4S/c1-5-2-3-6-7(8-4-5)10-11(12)9-6/h2-5,12H,1H3. The van der Waals surface area contributed by atoms with Gasteiger partial charge in [0.15, 0.2) is 0 Å². The van der Waals surface area contributed by atoms with Gasteiger partial charge in [-0.3, -0.25) is 0 Å². The van der Waals surface area contributed by atoms with Crippen LogP contribution in [0.5, 0.6) is 0 Å². The van der Waals surface area contributed by atoms with Crippen molar-refractivity contribution in [1.29, 1.82) is 0 Å². The number of hydrogen-bond acceptors (Lipinski definition) is 4. The summed E-state index contributed by atoms with van der Waals surface area (Å²) in [5.74, 6) is 0.972. The molecule has 2 heterocycles. The molecule has 0 saturated carbocycles. The van der Waals surface area contributed by atoms with Crippen molar-refractivity contribution in [1.82, 2.24) is 14.4 Å². The third-order valence-corrected chi connectivity index (χ3v) is 1.78. The van der Waals surface area contributed by atoms with Gasteiger partial charge >= 0.3 is 0 Å². The van der Waals surface area contributed by atoms with Crippen molar-refractivity contribution < 1.29 is 0 Å². The van der Waals surface area contributed by atoms with Gasteiger partial charge < -0.3 is 0 Å². The summed E-state index contributed by atoms with van der Waals surface area (Å²) in [5.41, 5.74) is 0.769. The fraction of sp³-hybridized carbons (Fsp3) is 0.286. The molecular formula is C7H8N4S. The minimum absolute atomic E-state index is 0.342. The van der Waals surface area contributed by atoms with E-state index in [-0.39, 0.29) is 0 Å². The molecule has 0 saturated heterocycles. The quantitative estimate of drug-likeness (QED) is 0.612. The molecule has 1 atom stereocenters. The molecule has 0 fully saturated rings. The van der Waals surface area contributed by atoms with E-state index in [0.29, 0.717) is 11.7 Å². The number of fused-ring (bicyclic) bond motifs is 1. The van der Waals surface area contributed by atoms with Crippen LogP contribution in [-0.4, -0.2) is 20.6 Å². The van der Waals surface area contributed by atoms with Crippen molar-refractivity contribution in [2.45, 2.75) is 6.92 Å². The second-order valence-corrected chi connectivity index (χ2v) is 3.03. The topological polar surface area (TPSA) is 43.1 Å². The van der Waals surface area contributed by atoms with E-state index in [1.807, 2.05) is 18.4 Å². The van der Waals surface area contributed by atoms with Crippen LogP contribution in [0.25, 0.3) is 6.08 Å². The van der Waals surface area contributed by atoms with E-state index in [1.54, 1.807) is 0 Å². The zero-order valence-electron chi connectivity index (χ0n) is 6.55. The summed E-state index contributed by atoms with van der Waals surface area (Å²) < 4.78 is 1.22. The summed E-state index contributed by atoms with van der Waals surface area (Å²) in [7, 11) is 0. The minimum atomic E-state index is 0.342. The molecule has 12 heavy (non-hydrogen) atoms. The number of aliphatic imine (C=N–C) groups is 1. The van der Waals surface area contributed by atoms with Gasteiger partial charge in [0.2, 0.25) is 5.82 Å². The van der Waals surface area contributed by atoms with Crippen molar-refractivity contribution in [2.24, 2.45) is 10.9 Å². The average Bonchev–Trinajstić information content (AvgIpc) is 2.31. The molecule has 0 aromatic carbocycles. The van der Waals surface area contributed by atoms with Gasteiger partial charge in [0.1, 0.15) is 5.69 Å². The Balaban J connectivity index is 2.49. The van der Waals surface area contributed by atoms with Crippen LogP contribution in [0.1, 0.15) is 12.6 Å². The number of allylic oxidation sites excluding steroid dienone is 1. The highest BCUT2D eigenvalue weighted by Crippen LogP contribution is 2.19. The van der Waals surface area contributed by atoms with Crippen LogP contribution in [0.4, 0.5) is 5.82 Å². The Hall–Kier alpha value is -1.10. The zero-order chi connectivity index (χ0) is 8.55. The molecule has 0 N–H and O–H groups in total. The highest BCUT2D eigenvalue weighted by Gasteiger charge is 2.08. The first kappa shape index (κ1) is 7.54. The van der Waals surface area contributed by atoms with Gasteiger partial charge in [0, 0.05) is 12.1 Å². The second-order valence-electron chi connectivity index (χ2n) is 2.67. The molecule has 1 aliphatic rings. The highest BCUT2D eigenvalue weighted by molar-refractivity contribution is 7.78. The van der Waals surface area contributed by atoms with E-state index in [0.717, 1.165) is 5.69 Å². The Morgan fingerprint density at radius 3 is 3.17 bits per heavy atom. The van der Waals surface area contributed by atoms with E-state index in [1.165, 1.54) is 4.20 Å². The van der Waals surface area contributed by atoms with Crippen LogP contribution in [0, 0.1) is 5.92 Å². The van der Waals surface area contributed by atoms with E-state index in [9.17, 15) is 0 Å². The molecule has 0 radical (unpaired) electrons. The number of thiol groups is 1. The van der Waals surface area contributed by atoms with Crippen molar-refractivity contribution in [2.75, 3.05) is 0 Å². The van der Waals surface area contributed by atoms with Crippen LogP contribution in [-0.2, 0) is 0 Å². The van der Waals surface area contributed by atoms with Gasteiger partial charge in [-0.15, -0.1) is 14.4 Å². The molecule has 1 aromatic heterocycles. The van der Waals surface area contributed by atoms with E-state index >= 15 is 0 Å². The first-order valence-corrected chi connectivity index (χ1v) is 4.05. The molecule has 1 aliphatic heterocycles. The van der Waals surface area contributed by atoms with Gasteiger partial charge in [-0.05, 0) is 18.9 Å². The third-order valence-electron chi connectivity index (χ3n) is 1.60. The first-order chi connectivity index (χ1) is 5.75. The van der Waals surface area contributed by atoms with Crippen molar-refractivity contribution in [3.05, 3.63) is 11.8 Å². The Bertz CT molecular complexity index is 321. The minimum Gasteiger partial charge on any atom is -0.237 e. The van der Waals surface area contributed by atoms with Gasteiger partial charge in [0.25, 0.3) is 0 Å². The molecule has 62 valence electrons. The van der Waals surface area contributed by atoms with E-state index in [2.05, 4.69) is 34.9 Å². The van der Waals surface area contributed by atoms with Gasteiger partial charge in [0.05, 0.1) is 0 Å². The van der Waals surface area contributed by atoms with Gasteiger partial charge in [-0.2, -0.15) is 0 Å². The lowest BCUT2D eigenvalue weighted by molar-refractivity contribution is 0.868. The maximum Gasteiger partial charge on any atom is 0.202 e. The molecule has 1 aromatic rings. The van der Waals surface area contributed by atoms with Crippen LogP contribution in [0.3, 0.4) is 0 Å². The maximum absolute atomic E-state index is 4.16. The summed E-state index contributed by atoms with van der Waals surface area (Å²) in [4.78, 5) is 4.16. The third kappa shape index (κ3) is 1.27. The lowest BCUT2D eigenvalue weighted by atomic mass is 10.2. The van der Waals surface area contributed by atoms with Gasteiger partial charge in [-0.25, -0.2) is 4.99 Å². The van der Waals surface area contributed by atoms with E-state index in [4.69, 9.17) is 0 Å². The number of nitrogens with zero attached hydrogens (tertiary/aromatic N) is 4. The Kier molecular flexibility index (Phi) is 1.73. The van der Waals surface area contributed by atoms with E-state index < -0.39 is 0 Å². The predicted molar refractivity (Wildman–Crippen MR) is 50.8 cm³/mol. The molecule has 0 spiro atoms. The van der Waals surface area contributed by atoms with Crippen molar-refractivity contribution in [3.8, 4) is 0 Å². The van der Waals surface area contributed by atoms with Crippen LogP contribution >= 0.6 is 12.8 Å². The highest BCUT2D eigenvalue weighted by atomic mass is 32.1. The summed E-state index contributed by atoms with van der Waals surface area (Å²) in [5, 5.41) is 7.98. The molecule has 0 bridgehead atoms. The summed E-state index contributed by atoms with van der Waals surface area (Å²) >= 11 is 3.95. The Morgan fingerprint density at radius 2 is 2.33 bits per heavy atom. The average molecular weight is 180 g/mol. The second kappa shape index (κ2) is 2.75. The summed E-state index contributed by atoms with van der Waals surface area (Å²) in [6.07, 6.45) is 5.77. The molecule has 0 aliphatic carbocycles. The van der Waals surface area contributed by atoms with Gasteiger partial charge in [-0.1, -0.05) is 13.0 Å². The largest absolute Gasteiger partial charge is 0.237 e. The molecule has 4 nitrogen and oxygen atoms in total. The maximum atomic E-state index is 4.16. The van der Waals surface area contributed by atoms with Crippen LogP contribution in [0.2, 0.25) is 0 Å². The summed E-state index contributed by atoms with van der Waals surface area (Å²) in [6, 6.07) is 0. The molecule has 1 unspecified atom stereocenters. The number of hydrogen-bond donors (Lipinski definition) is 1. The Labute approximate surface area is 75.5 Å². The zero-order valence-corrected chi connectivity index (χ0v) is 7.44. The smallest absolute Gasteiger partial charge is 0.202 e. The molecule has 5 heteroatoms. The molecule has 0 amide bonds. The lowest BCUT2D eigenvalue weighted by Crippen LogP contribution is -1.88. The first-order valence-electron chi connectivity index (χ1n) is 3.65. The number of rotatable bonds is 0. The fourth-order valence-electron chi connectivity index (χ4n) is 0.980. The number of aromatic nitrogens is 3. The lowest BCUT2D eigenvalue weighted by Gasteiger charge is -1.90. The molecular weight excluding hydrogens is 172 g/mol. The van der Waals surface area contributed by atoms with Crippen molar-refractivity contribution in [3.63, 3.8) is 0 Å². The normalized spacial score (nSPS) is 20.7. The summed E-state index contributed by atoms with van der Waals surface area (Å²) in [6.45, 7) is 2.06. The molecule has 2 rings (SSSR count). The van der Waals surface area contributed by atoms with Crippen molar-refractivity contribution >= 4 is 30.9 Å². The van der Waals surface area contributed by atoms with Crippen LogP contribution in [0.15, 0.2) is 11.1 Å².